The van der Waals surface area contributed by atoms with Crippen molar-refractivity contribution in [2.24, 2.45) is 5.92 Å². The smallest absolute Gasteiger partial charge is 0.207 e. The first-order valence-corrected chi connectivity index (χ1v) is 7.46. The fraction of sp³-hybridized carbons (Fsp3) is 0.471. The Kier molecular flexibility index (Phi) is 4.34. The molecule has 0 N–H and O–H groups in total. The van der Waals surface area contributed by atoms with Crippen LogP contribution < -0.4 is 9.47 Å². The van der Waals surface area contributed by atoms with Crippen molar-refractivity contribution in [3.05, 3.63) is 36.3 Å². The highest BCUT2D eigenvalue weighted by molar-refractivity contribution is 5.96. The van der Waals surface area contributed by atoms with Gasteiger partial charge in [0.25, 0.3) is 0 Å². The van der Waals surface area contributed by atoms with Crippen LogP contribution in [-0.4, -0.2) is 32.2 Å². The van der Waals surface area contributed by atoms with Gasteiger partial charge in [0.15, 0.2) is 0 Å². The molecular formula is C17H20O5. The summed E-state index contributed by atoms with van der Waals surface area (Å²) in [5, 5.41) is 0. The first-order valence-electron chi connectivity index (χ1n) is 7.46. The average molecular weight is 304 g/mol. The predicted octanol–water partition coefficient (Wildman–Crippen LogP) is 2.70. The highest BCUT2D eigenvalue weighted by atomic mass is 16.5. The molecule has 1 heterocycles. The molecule has 1 aliphatic carbocycles. The molecule has 1 fully saturated rings. The average Bonchev–Trinajstić information content (AvgIpc) is 2.57. The van der Waals surface area contributed by atoms with Gasteiger partial charge in [0, 0.05) is 19.6 Å². The summed E-state index contributed by atoms with van der Waals surface area (Å²) in [7, 11) is 3.29. The van der Waals surface area contributed by atoms with Crippen LogP contribution in [0.1, 0.15) is 19.3 Å². The Morgan fingerprint density at radius 1 is 1.18 bits per heavy atom. The summed E-state index contributed by atoms with van der Waals surface area (Å²) >= 11 is 0. The summed E-state index contributed by atoms with van der Waals surface area (Å²) in [5.74, 6) is 1.36. The largest absolute Gasteiger partial charge is 0.497 e. The Hall–Kier alpha value is -2.01. The van der Waals surface area contributed by atoms with Gasteiger partial charge >= 0.3 is 0 Å². The summed E-state index contributed by atoms with van der Waals surface area (Å²) in [5.41, 5.74) is 0. The summed E-state index contributed by atoms with van der Waals surface area (Å²) < 4.78 is 21.9. The Morgan fingerprint density at radius 2 is 2.00 bits per heavy atom. The molecule has 0 saturated heterocycles. The van der Waals surface area contributed by atoms with Gasteiger partial charge in [-0.05, 0) is 25.0 Å². The van der Waals surface area contributed by atoms with Crippen molar-refractivity contribution >= 4 is 5.78 Å². The Labute approximate surface area is 129 Å². The number of fused-ring (bicyclic) bond motifs is 1. The zero-order chi connectivity index (χ0) is 15.5. The Bertz CT molecular complexity index is 580. The molecule has 5 nitrogen and oxygen atoms in total. The van der Waals surface area contributed by atoms with Crippen molar-refractivity contribution in [2.75, 3.05) is 14.2 Å². The van der Waals surface area contributed by atoms with E-state index in [0.717, 1.165) is 19.3 Å². The van der Waals surface area contributed by atoms with E-state index >= 15 is 0 Å². The van der Waals surface area contributed by atoms with Crippen molar-refractivity contribution < 1.29 is 23.7 Å². The van der Waals surface area contributed by atoms with E-state index in [1.165, 1.54) is 6.26 Å². The molecule has 1 aromatic rings. The summed E-state index contributed by atoms with van der Waals surface area (Å²) in [6.45, 7) is 0. The number of carbonyl (C=O) groups is 1. The van der Waals surface area contributed by atoms with E-state index in [1.807, 2.05) is 12.1 Å². The van der Waals surface area contributed by atoms with Gasteiger partial charge in [0.1, 0.15) is 23.9 Å². The molecule has 3 rings (SSSR count). The third-order valence-corrected chi connectivity index (χ3v) is 4.28. The second-order valence-corrected chi connectivity index (χ2v) is 5.58. The van der Waals surface area contributed by atoms with Gasteiger partial charge in [-0.2, -0.15) is 0 Å². The Morgan fingerprint density at radius 3 is 2.77 bits per heavy atom. The molecule has 0 spiro atoms. The fourth-order valence-electron chi connectivity index (χ4n) is 3.01. The fourth-order valence-corrected chi connectivity index (χ4v) is 3.01. The molecule has 5 heteroatoms. The number of Topliss-reactive ketones (excluding diaryl/α,β-unsaturated/α-hetero) is 1. The molecule has 3 unspecified atom stereocenters. The zero-order valence-electron chi connectivity index (χ0n) is 12.8. The minimum Gasteiger partial charge on any atom is -0.497 e. The zero-order valence-corrected chi connectivity index (χ0v) is 12.8. The number of carbonyl (C=O) groups excluding carboxylic acids is 1. The molecule has 0 amide bonds. The highest BCUT2D eigenvalue weighted by Gasteiger charge is 2.41. The van der Waals surface area contributed by atoms with E-state index in [1.54, 1.807) is 26.4 Å². The number of hydrogen-bond donors (Lipinski definition) is 0. The van der Waals surface area contributed by atoms with Gasteiger partial charge in [0.05, 0.1) is 19.1 Å². The standard InChI is InChI=1S/C17H20O5/c1-19-11-4-3-5-13(8-11)22-16-10-21-15-9-12(20-2)6-7-14(15)17(16)18/h3-5,8,10,12,14-15H,6-7,9H2,1-2H3. The van der Waals surface area contributed by atoms with Crippen LogP contribution in [0.25, 0.3) is 0 Å². The summed E-state index contributed by atoms with van der Waals surface area (Å²) in [4.78, 5) is 12.6. The lowest BCUT2D eigenvalue weighted by Crippen LogP contribution is -2.42. The SMILES string of the molecule is COc1cccc(OC2=COC3CC(OC)CCC3C2=O)c1. The number of ketones is 1. The van der Waals surface area contributed by atoms with Crippen molar-refractivity contribution in [3.8, 4) is 11.5 Å². The van der Waals surface area contributed by atoms with Gasteiger partial charge in [-0.3, -0.25) is 4.79 Å². The van der Waals surface area contributed by atoms with Crippen LogP contribution in [0.5, 0.6) is 11.5 Å². The lowest BCUT2D eigenvalue weighted by Gasteiger charge is -2.36. The maximum atomic E-state index is 12.6. The van der Waals surface area contributed by atoms with Gasteiger partial charge in [0.2, 0.25) is 11.5 Å². The minimum atomic E-state index is -0.142. The molecule has 3 atom stereocenters. The molecule has 1 aromatic carbocycles. The molecule has 22 heavy (non-hydrogen) atoms. The van der Waals surface area contributed by atoms with Crippen LogP contribution in [-0.2, 0) is 14.3 Å². The predicted molar refractivity (Wildman–Crippen MR) is 79.7 cm³/mol. The normalized spacial score (nSPS) is 27.5. The first kappa shape index (κ1) is 14.9. The van der Waals surface area contributed by atoms with E-state index in [-0.39, 0.29) is 29.7 Å². The molecule has 1 aliphatic heterocycles. The lowest BCUT2D eigenvalue weighted by molar-refractivity contribution is -0.133. The van der Waals surface area contributed by atoms with Crippen LogP contribution in [0.4, 0.5) is 0 Å². The van der Waals surface area contributed by atoms with E-state index < -0.39 is 0 Å². The molecule has 1 saturated carbocycles. The molecule has 0 radical (unpaired) electrons. The van der Waals surface area contributed by atoms with Gasteiger partial charge < -0.3 is 18.9 Å². The van der Waals surface area contributed by atoms with Crippen molar-refractivity contribution in [1.29, 1.82) is 0 Å². The quantitative estimate of drug-likeness (QED) is 0.856. The van der Waals surface area contributed by atoms with Crippen LogP contribution in [0.2, 0.25) is 0 Å². The van der Waals surface area contributed by atoms with Gasteiger partial charge in [-0.1, -0.05) is 6.07 Å². The Balaban J connectivity index is 1.72. The second kappa shape index (κ2) is 6.40. The minimum absolute atomic E-state index is 0.00798. The number of rotatable bonds is 4. The maximum absolute atomic E-state index is 12.6. The lowest BCUT2D eigenvalue weighted by atomic mass is 9.80. The molecule has 0 aromatic heterocycles. The maximum Gasteiger partial charge on any atom is 0.207 e. The van der Waals surface area contributed by atoms with E-state index in [0.29, 0.717) is 11.5 Å². The van der Waals surface area contributed by atoms with Crippen molar-refractivity contribution in [3.63, 3.8) is 0 Å². The summed E-state index contributed by atoms with van der Waals surface area (Å²) in [6.07, 6.45) is 3.88. The van der Waals surface area contributed by atoms with E-state index in [9.17, 15) is 4.79 Å². The van der Waals surface area contributed by atoms with Crippen LogP contribution in [0.3, 0.4) is 0 Å². The number of ether oxygens (including phenoxy) is 4. The molecular weight excluding hydrogens is 284 g/mol. The second-order valence-electron chi connectivity index (χ2n) is 5.58. The topological polar surface area (TPSA) is 54.0 Å². The molecule has 2 aliphatic rings. The van der Waals surface area contributed by atoms with Crippen LogP contribution in [0.15, 0.2) is 36.3 Å². The number of benzene rings is 1. The van der Waals surface area contributed by atoms with Crippen LogP contribution in [0, 0.1) is 5.92 Å². The van der Waals surface area contributed by atoms with Crippen LogP contribution >= 0.6 is 0 Å². The number of methoxy groups -OCH3 is 2. The number of allylic oxidation sites excluding steroid dienone is 1. The van der Waals surface area contributed by atoms with Crippen molar-refractivity contribution in [1.82, 2.24) is 0 Å². The third-order valence-electron chi connectivity index (χ3n) is 4.28. The molecule has 118 valence electrons. The highest BCUT2D eigenvalue weighted by Crippen LogP contribution is 2.35. The molecule has 0 bridgehead atoms. The van der Waals surface area contributed by atoms with Crippen molar-refractivity contribution in [2.45, 2.75) is 31.5 Å². The van der Waals surface area contributed by atoms with Gasteiger partial charge in [-0.15, -0.1) is 0 Å². The first-order chi connectivity index (χ1) is 10.7. The summed E-state index contributed by atoms with van der Waals surface area (Å²) in [6, 6.07) is 7.16. The monoisotopic (exact) mass is 304 g/mol. The van der Waals surface area contributed by atoms with E-state index in [4.69, 9.17) is 18.9 Å². The number of hydrogen-bond acceptors (Lipinski definition) is 5. The third kappa shape index (κ3) is 2.95. The van der Waals surface area contributed by atoms with Gasteiger partial charge in [-0.25, -0.2) is 0 Å². The van der Waals surface area contributed by atoms with E-state index in [2.05, 4.69) is 0 Å².